The molecular formula is C15H24ClN3O2. The topological polar surface area (TPSA) is 75.4 Å². The highest BCUT2D eigenvalue weighted by Crippen LogP contribution is 2.20. The van der Waals surface area contributed by atoms with Gasteiger partial charge in [0.2, 0.25) is 11.8 Å². The largest absolute Gasteiger partial charge is 0.359 e. The Morgan fingerprint density at radius 3 is 2.33 bits per heavy atom. The predicted octanol–water partition coefficient (Wildman–Crippen LogP) is 1.12. The summed E-state index contributed by atoms with van der Waals surface area (Å²) in [5, 5.41) is 2.57. The third-order valence-corrected chi connectivity index (χ3v) is 3.41. The lowest BCUT2D eigenvalue weighted by molar-refractivity contribution is -0.136. The zero-order valence-corrected chi connectivity index (χ0v) is 13.7. The van der Waals surface area contributed by atoms with E-state index in [2.05, 4.69) is 5.32 Å². The molecule has 0 aliphatic rings. The number of nitrogens with two attached hydrogens (primary N) is 1. The van der Waals surface area contributed by atoms with E-state index in [0.717, 1.165) is 5.56 Å². The summed E-state index contributed by atoms with van der Waals surface area (Å²) < 4.78 is 0. The number of nitrogens with zero attached hydrogens (tertiary/aromatic N) is 1. The normalized spacial score (nSPS) is 14.3. The van der Waals surface area contributed by atoms with E-state index in [0.29, 0.717) is 6.54 Å². The number of likely N-dealkylation sites (N-methyl/N-ethyl adjacent to an activating group) is 1. The van der Waals surface area contributed by atoms with Gasteiger partial charge >= 0.3 is 0 Å². The molecule has 2 atom stereocenters. The van der Waals surface area contributed by atoms with Crippen molar-refractivity contribution in [1.82, 2.24) is 10.2 Å². The van der Waals surface area contributed by atoms with Gasteiger partial charge in [-0.25, -0.2) is 0 Å². The van der Waals surface area contributed by atoms with Crippen LogP contribution < -0.4 is 11.1 Å². The number of benzene rings is 1. The van der Waals surface area contributed by atoms with Crippen LogP contribution in [-0.4, -0.2) is 37.4 Å². The first kappa shape index (κ1) is 19.4. The van der Waals surface area contributed by atoms with Crippen molar-refractivity contribution in [3.05, 3.63) is 35.9 Å². The fourth-order valence-corrected chi connectivity index (χ4v) is 2.13. The van der Waals surface area contributed by atoms with Crippen LogP contribution in [-0.2, 0) is 15.1 Å². The summed E-state index contributed by atoms with van der Waals surface area (Å²) in [6.45, 7) is 3.79. The molecule has 5 nitrogen and oxygen atoms in total. The minimum Gasteiger partial charge on any atom is -0.359 e. The van der Waals surface area contributed by atoms with E-state index < -0.39 is 5.54 Å². The van der Waals surface area contributed by atoms with Gasteiger partial charge in [-0.2, -0.15) is 0 Å². The molecule has 0 heterocycles. The van der Waals surface area contributed by atoms with Gasteiger partial charge in [-0.1, -0.05) is 37.3 Å². The van der Waals surface area contributed by atoms with Crippen LogP contribution in [0.5, 0.6) is 0 Å². The van der Waals surface area contributed by atoms with Crippen LogP contribution in [0.3, 0.4) is 0 Å². The minimum atomic E-state index is -1.10. The molecule has 0 saturated carbocycles. The van der Waals surface area contributed by atoms with E-state index in [-0.39, 0.29) is 30.1 Å². The lowest BCUT2D eigenvalue weighted by Crippen LogP contribution is -2.51. The van der Waals surface area contributed by atoms with Gasteiger partial charge in [0.1, 0.15) is 5.54 Å². The Hall–Kier alpha value is -1.59. The van der Waals surface area contributed by atoms with E-state index >= 15 is 0 Å². The maximum Gasteiger partial charge on any atom is 0.246 e. The van der Waals surface area contributed by atoms with Crippen LogP contribution in [0.2, 0.25) is 0 Å². The second kappa shape index (κ2) is 8.00. The Morgan fingerprint density at radius 2 is 1.86 bits per heavy atom. The highest BCUT2D eigenvalue weighted by molar-refractivity contribution is 5.87. The summed E-state index contributed by atoms with van der Waals surface area (Å²) in [6.07, 6.45) is 0. The highest BCUT2D eigenvalue weighted by Gasteiger charge is 2.33. The number of nitrogens with one attached hydrogen (secondary N) is 1. The molecule has 3 N–H and O–H groups in total. The number of carbonyl (C=O) groups excluding carboxylic acids is 2. The molecule has 21 heavy (non-hydrogen) atoms. The Labute approximate surface area is 132 Å². The number of carbonyl (C=O) groups is 2. The molecule has 6 heteroatoms. The molecule has 0 aliphatic carbocycles. The Bertz CT molecular complexity index is 477. The molecule has 0 saturated heterocycles. The van der Waals surface area contributed by atoms with E-state index in [4.69, 9.17) is 5.73 Å². The first-order valence-electron chi connectivity index (χ1n) is 6.62. The molecule has 0 aromatic heterocycles. The average molecular weight is 314 g/mol. The van der Waals surface area contributed by atoms with E-state index in [1.165, 1.54) is 4.90 Å². The fourth-order valence-electron chi connectivity index (χ4n) is 2.13. The number of amides is 2. The molecule has 0 fully saturated rings. The lowest BCUT2D eigenvalue weighted by Gasteiger charge is -2.30. The van der Waals surface area contributed by atoms with Crippen LogP contribution in [0.1, 0.15) is 19.4 Å². The van der Waals surface area contributed by atoms with Crippen molar-refractivity contribution in [1.29, 1.82) is 0 Å². The molecule has 1 aromatic rings. The minimum absolute atomic E-state index is 0. The Morgan fingerprint density at radius 1 is 1.33 bits per heavy atom. The maximum atomic E-state index is 12.5. The second-order valence-electron chi connectivity index (χ2n) is 5.27. The standard InChI is InChI=1S/C15H23N3O2.ClH/c1-11(13(19)17-3)10-18(4)14(20)15(2,16)12-8-6-5-7-9-12;/h5-9,11H,10,16H2,1-4H3,(H,17,19);1H. The zero-order chi connectivity index (χ0) is 15.3. The second-order valence-corrected chi connectivity index (χ2v) is 5.27. The van der Waals surface area contributed by atoms with Gasteiger partial charge in [0.05, 0.1) is 5.92 Å². The zero-order valence-electron chi connectivity index (χ0n) is 12.9. The summed E-state index contributed by atoms with van der Waals surface area (Å²) in [4.78, 5) is 25.5. The van der Waals surface area contributed by atoms with Crippen LogP contribution in [0.25, 0.3) is 0 Å². The van der Waals surface area contributed by atoms with Crippen LogP contribution >= 0.6 is 12.4 Å². The van der Waals surface area contributed by atoms with Gasteiger partial charge in [-0.05, 0) is 12.5 Å². The first-order chi connectivity index (χ1) is 9.30. The molecule has 0 bridgehead atoms. The van der Waals surface area contributed by atoms with Crippen molar-refractivity contribution in [2.24, 2.45) is 11.7 Å². The van der Waals surface area contributed by atoms with E-state index in [9.17, 15) is 9.59 Å². The van der Waals surface area contributed by atoms with Crippen LogP contribution in [0.4, 0.5) is 0 Å². The molecule has 1 aromatic carbocycles. The molecular weight excluding hydrogens is 290 g/mol. The molecule has 0 radical (unpaired) electrons. The number of hydrogen-bond donors (Lipinski definition) is 2. The van der Waals surface area contributed by atoms with Crippen molar-refractivity contribution >= 4 is 24.2 Å². The lowest BCUT2D eigenvalue weighted by atomic mass is 9.91. The van der Waals surface area contributed by atoms with Crippen molar-refractivity contribution in [2.75, 3.05) is 20.6 Å². The van der Waals surface area contributed by atoms with E-state index in [1.54, 1.807) is 27.9 Å². The van der Waals surface area contributed by atoms with Crippen LogP contribution in [0.15, 0.2) is 30.3 Å². The Kier molecular flexibility index (Phi) is 7.39. The van der Waals surface area contributed by atoms with Gasteiger partial charge in [-0.3, -0.25) is 9.59 Å². The first-order valence-corrected chi connectivity index (χ1v) is 6.62. The quantitative estimate of drug-likeness (QED) is 0.855. The summed E-state index contributed by atoms with van der Waals surface area (Å²) in [5.41, 5.74) is 5.83. The van der Waals surface area contributed by atoms with Gasteiger partial charge in [0, 0.05) is 20.6 Å². The van der Waals surface area contributed by atoms with Crippen molar-refractivity contribution < 1.29 is 9.59 Å². The number of hydrogen-bond acceptors (Lipinski definition) is 3. The molecule has 118 valence electrons. The molecule has 0 aliphatic heterocycles. The fraction of sp³-hybridized carbons (Fsp3) is 0.467. The van der Waals surface area contributed by atoms with Crippen molar-refractivity contribution in [2.45, 2.75) is 19.4 Å². The molecule has 2 amide bonds. The SMILES string of the molecule is CNC(=O)C(C)CN(C)C(=O)C(C)(N)c1ccccc1.Cl. The van der Waals surface area contributed by atoms with Gasteiger partial charge in [-0.15, -0.1) is 12.4 Å². The number of halogens is 1. The predicted molar refractivity (Wildman–Crippen MR) is 86.1 cm³/mol. The smallest absolute Gasteiger partial charge is 0.246 e. The summed E-state index contributed by atoms with van der Waals surface area (Å²) >= 11 is 0. The number of rotatable bonds is 5. The average Bonchev–Trinajstić information content (AvgIpc) is 2.46. The molecule has 2 unspecified atom stereocenters. The molecule has 0 spiro atoms. The van der Waals surface area contributed by atoms with Gasteiger partial charge in [0.15, 0.2) is 0 Å². The summed E-state index contributed by atoms with van der Waals surface area (Å²) in [6, 6.07) is 9.23. The maximum absolute atomic E-state index is 12.5. The van der Waals surface area contributed by atoms with Crippen molar-refractivity contribution in [3.8, 4) is 0 Å². The van der Waals surface area contributed by atoms with Gasteiger partial charge in [0.25, 0.3) is 0 Å². The summed E-state index contributed by atoms with van der Waals surface area (Å²) in [7, 11) is 3.24. The van der Waals surface area contributed by atoms with Crippen LogP contribution in [0, 0.1) is 5.92 Å². The third kappa shape index (κ3) is 4.72. The summed E-state index contributed by atoms with van der Waals surface area (Å²) in [5.74, 6) is -0.580. The van der Waals surface area contributed by atoms with Gasteiger partial charge < -0.3 is 16.0 Å². The van der Waals surface area contributed by atoms with Crippen molar-refractivity contribution in [3.63, 3.8) is 0 Å². The monoisotopic (exact) mass is 313 g/mol. The highest BCUT2D eigenvalue weighted by atomic mass is 35.5. The van der Waals surface area contributed by atoms with E-state index in [1.807, 2.05) is 30.3 Å². The third-order valence-electron chi connectivity index (χ3n) is 3.41. The molecule has 1 rings (SSSR count). The Balaban J connectivity index is 0.00000400.